The van der Waals surface area contributed by atoms with E-state index >= 15 is 0 Å². The molecule has 0 radical (unpaired) electrons. The van der Waals surface area contributed by atoms with Crippen molar-refractivity contribution in [3.05, 3.63) is 48.1 Å². The number of alkyl halides is 3. The molecule has 0 aliphatic heterocycles. The number of aliphatic hydroxyl groups excluding tert-OH is 1. The summed E-state index contributed by atoms with van der Waals surface area (Å²) in [7, 11) is 0. The molecule has 0 aliphatic rings. The lowest BCUT2D eigenvalue weighted by molar-refractivity contribution is -0.138. The van der Waals surface area contributed by atoms with Crippen LogP contribution in [0.5, 0.6) is 0 Å². The number of halogens is 3. The van der Waals surface area contributed by atoms with Crippen LogP contribution in [0.2, 0.25) is 0 Å². The van der Waals surface area contributed by atoms with Gasteiger partial charge >= 0.3 is 6.18 Å². The van der Waals surface area contributed by atoms with Gasteiger partial charge in [-0.1, -0.05) is 6.58 Å². The maximum Gasteiger partial charge on any atom is 0.419 e. The number of hydrogen-bond acceptors (Lipinski definition) is 4. The molecule has 0 atom stereocenters. The average Bonchev–Trinajstić information content (AvgIpc) is 2.37. The fourth-order valence-electron chi connectivity index (χ4n) is 1.57. The molecule has 2 rings (SSSR count). The van der Waals surface area contributed by atoms with Crippen molar-refractivity contribution in [3.8, 4) is 11.4 Å². The maximum absolute atomic E-state index is 12.4. The summed E-state index contributed by atoms with van der Waals surface area (Å²) in [5, 5.41) is 9.48. The van der Waals surface area contributed by atoms with E-state index in [0.717, 1.165) is 0 Å². The number of aryl methyl sites for hydroxylation is 1. The van der Waals surface area contributed by atoms with E-state index in [1.54, 1.807) is 19.1 Å². The van der Waals surface area contributed by atoms with Gasteiger partial charge in [-0.25, -0.2) is 15.0 Å². The molecule has 0 aliphatic carbocycles. The van der Waals surface area contributed by atoms with E-state index in [1.165, 1.54) is 0 Å². The van der Waals surface area contributed by atoms with Crippen LogP contribution < -0.4 is 0 Å². The number of nitrogens with zero attached hydrogens (tertiary/aromatic N) is 3. The van der Waals surface area contributed by atoms with Crippen molar-refractivity contribution in [3.63, 3.8) is 0 Å². The van der Waals surface area contributed by atoms with Gasteiger partial charge in [-0.15, -0.1) is 0 Å². The third-order valence-corrected chi connectivity index (χ3v) is 2.53. The van der Waals surface area contributed by atoms with Gasteiger partial charge in [0.25, 0.3) is 0 Å². The molecule has 0 saturated carbocycles. The fourth-order valence-corrected chi connectivity index (χ4v) is 1.57. The fraction of sp³-hybridized carbons (Fsp3) is 0.154. The minimum Gasteiger partial charge on any atom is -0.506 e. The molecule has 0 unspecified atom stereocenters. The Hall–Kier alpha value is -2.44. The quantitative estimate of drug-likeness (QED) is 0.857. The molecule has 0 spiro atoms. The Labute approximate surface area is 112 Å². The van der Waals surface area contributed by atoms with Gasteiger partial charge in [0.05, 0.1) is 5.56 Å². The standard InChI is InChI=1S/C13H10F3N3O/c1-7-3-4-10(11(19-7)8(2)20)12-17-5-9(6-18-12)13(14,15)16/h3-6,20H,2H2,1H3. The van der Waals surface area contributed by atoms with Crippen LogP contribution in [-0.4, -0.2) is 20.1 Å². The van der Waals surface area contributed by atoms with E-state index in [0.29, 0.717) is 23.7 Å². The van der Waals surface area contributed by atoms with Gasteiger partial charge in [-0.05, 0) is 19.1 Å². The molecule has 2 aromatic heterocycles. The van der Waals surface area contributed by atoms with E-state index in [4.69, 9.17) is 0 Å². The number of pyridine rings is 1. The van der Waals surface area contributed by atoms with Crippen LogP contribution in [-0.2, 0) is 6.18 Å². The Bertz CT molecular complexity index is 651. The van der Waals surface area contributed by atoms with E-state index in [1.807, 2.05) is 0 Å². The van der Waals surface area contributed by atoms with Crippen LogP contribution >= 0.6 is 0 Å². The zero-order valence-electron chi connectivity index (χ0n) is 10.4. The summed E-state index contributed by atoms with van der Waals surface area (Å²) in [5.41, 5.74) is 0.151. The summed E-state index contributed by atoms with van der Waals surface area (Å²) in [6, 6.07) is 3.21. The van der Waals surface area contributed by atoms with Crippen LogP contribution in [0, 0.1) is 6.92 Å². The molecule has 0 saturated heterocycles. The molecule has 0 amide bonds. The van der Waals surface area contributed by atoms with E-state index in [2.05, 4.69) is 21.5 Å². The first kappa shape index (κ1) is 14.0. The first-order chi connectivity index (χ1) is 9.29. The second kappa shape index (κ2) is 4.92. The highest BCUT2D eigenvalue weighted by molar-refractivity contribution is 5.71. The first-order valence-electron chi connectivity index (χ1n) is 5.54. The molecule has 0 fully saturated rings. The molecular formula is C13H10F3N3O. The van der Waals surface area contributed by atoms with Crippen molar-refractivity contribution in [2.75, 3.05) is 0 Å². The van der Waals surface area contributed by atoms with Crippen LogP contribution in [0.25, 0.3) is 17.1 Å². The Balaban J connectivity index is 2.50. The molecule has 0 bridgehead atoms. The van der Waals surface area contributed by atoms with Crippen LogP contribution in [0.4, 0.5) is 13.2 Å². The van der Waals surface area contributed by atoms with Crippen LogP contribution in [0.3, 0.4) is 0 Å². The predicted octanol–water partition coefficient (Wildman–Crippen LogP) is 3.39. The van der Waals surface area contributed by atoms with Gasteiger partial charge in [0.2, 0.25) is 0 Å². The molecular weight excluding hydrogens is 271 g/mol. The molecule has 1 N–H and O–H groups in total. The zero-order chi connectivity index (χ0) is 14.9. The molecule has 4 nitrogen and oxygen atoms in total. The van der Waals surface area contributed by atoms with Gasteiger partial charge in [-0.2, -0.15) is 13.2 Å². The van der Waals surface area contributed by atoms with E-state index in [9.17, 15) is 18.3 Å². The van der Waals surface area contributed by atoms with Gasteiger partial charge < -0.3 is 5.11 Å². The van der Waals surface area contributed by atoms with E-state index < -0.39 is 11.7 Å². The largest absolute Gasteiger partial charge is 0.506 e. The number of rotatable bonds is 2. The third-order valence-electron chi connectivity index (χ3n) is 2.53. The minimum absolute atomic E-state index is 0.0377. The smallest absolute Gasteiger partial charge is 0.419 e. The molecule has 104 valence electrons. The maximum atomic E-state index is 12.4. The summed E-state index contributed by atoms with van der Waals surface area (Å²) >= 11 is 0. The Morgan fingerprint density at radius 2 is 1.80 bits per heavy atom. The molecule has 0 aromatic carbocycles. The minimum atomic E-state index is -4.49. The SMILES string of the molecule is C=C(O)c1nc(C)ccc1-c1ncc(C(F)(F)F)cn1. The molecule has 2 heterocycles. The third kappa shape index (κ3) is 2.76. The highest BCUT2D eigenvalue weighted by Crippen LogP contribution is 2.29. The topological polar surface area (TPSA) is 58.9 Å². The second-order valence-electron chi connectivity index (χ2n) is 4.09. The average molecular weight is 281 g/mol. The summed E-state index contributed by atoms with van der Waals surface area (Å²) in [6.45, 7) is 5.08. The van der Waals surface area contributed by atoms with Gasteiger partial charge in [0.1, 0.15) is 11.5 Å². The first-order valence-corrected chi connectivity index (χ1v) is 5.54. The lowest BCUT2D eigenvalue weighted by Crippen LogP contribution is -2.07. The van der Waals surface area contributed by atoms with Crippen molar-refractivity contribution >= 4 is 5.76 Å². The lowest BCUT2D eigenvalue weighted by atomic mass is 10.1. The number of aromatic nitrogens is 3. The second-order valence-corrected chi connectivity index (χ2v) is 4.09. The summed E-state index contributed by atoms with van der Waals surface area (Å²) < 4.78 is 37.3. The Morgan fingerprint density at radius 3 is 2.30 bits per heavy atom. The van der Waals surface area contributed by atoms with Gasteiger partial charge in [0.15, 0.2) is 5.82 Å². The van der Waals surface area contributed by atoms with Gasteiger partial charge in [0, 0.05) is 23.7 Å². The zero-order valence-corrected chi connectivity index (χ0v) is 10.4. The molecule has 7 heteroatoms. The van der Waals surface area contributed by atoms with Crippen molar-refractivity contribution in [1.82, 2.24) is 15.0 Å². The number of aliphatic hydroxyl groups is 1. The Kier molecular flexibility index (Phi) is 3.44. The molecule has 20 heavy (non-hydrogen) atoms. The lowest BCUT2D eigenvalue weighted by Gasteiger charge is -2.09. The monoisotopic (exact) mass is 281 g/mol. The van der Waals surface area contributed by atoms with Crippen LogP contribution in [0.15, 0.2) is 31.1 Å². The van der Waals surface area contributed by atoms with Crippen molar-refractivity contribution in [1.29, 1.82) is 0 Å². The summed E-state index contributed by atoms with van der Waals surface area (Å²) in [4.78, 5) is 11.4. The van der Waals surface area contributed by atoms with Crippen molar-refractivity contribution < 1.29 is 18.3 Å². The summed E-state index contributed by atoms with van der Waals surface area (Å²) in [5.74, 6) is -0.261. The number of hydrogen-bond donors (Lipinski definition) is 1. The van der Waals surface area contributed by atoms with Gasteiger partial charge in [-0.3, -0.25) is 0 Å². The van der Waals surface area contributed by atoms with Crippen molar-refractivity contribution in [2.45, 2.75) is 13.1 Å². The predicted molar refractivity (Wildman–Crippen MR) is 66.7 cm³/mol. The molecule has 2 aromatic rings. The van der Waals surface area contributed by atoms with Crippen molar-refractivity contribution in [2.24, 2.45) is 0 Å². The highest BCUT2D eigenvalue weighted by Gasteiger charge is 2.31. The van der Waals surface area contributed by atoms with Crippen LogP contribution in [0.1, 0.15) is 17.0 Å². The normalized spacial score (nSPS) is 11.4. The van der Waals surface area contributed by atoms with E-state index in [-0.39, 0.29) is 17.3 Å². The Morgan fingerprint density at radius 1 is 1.20 bits per heavy atom. The highest BCUT2D eigenvalue weighted by atomic mass is 19.4. The summed E-state index contributed by atoms with van der Waals surface area (Å²) in [6.07, 6.45) is -3.12.